The fourth-order valence-corrected chi connectivity index (χ4v) is 6.12. The Morgan fingerprint density at radius 2 is 2.00 bits per heavy atom. The van der Waals surface area contributed by atoms with Crippen LogP contribution in [-0.4, -0.2) is 36.7 Å². The van der Waals surface area contributed by atoms with Gasteiger partial charge in [0.15, 0.2) is 0 Å². The van der Waals surface area contributed by atoms with Crippen LogP contribution in [0.25, 0.3) is 10.2 Å². The minimum absolute atomic E-state index is 0.198. The smallest absolute Gasteiger partial charge is 0.269 e. The highest BCUT2D eigenvalue weighted by Gasteiger charge is 2.28. The predicted molar refractivity (Wildman–Crippen MR) is 119 cm³/mol. The van der Waals surface area contributed by atoms with E-state index in [1.807, 2.05) is 12.1 Å². The molecule has 1 saturated heterocycles. The number of sulfonamides is 1. The third-order valence-corrected chi connectivity index (χ3v) is 8.06. The molecule has 3 aromatic rings. The van der Waals surface area contributed by atoms with Crippen molar-refractivity contribution in [3.63, 3.8) is 0 Å². The van der Waals surface area contributed by atoms with Crippen molar-refractivity contribution >= 4 is 54.2 Å². The zero-order valence-electron chi connectivity index (χ0n) is 16.3. The Morgan fingerprint density at radius 3 is 2.73 bits per heavy atom. The van der Waals surface area contributed by atoms with E-state index in [0.717, 1.165) is 23.1 Å². The van der Waals surface area contributed by atoms with Crippen molar-refractivity contribution in [2.45, 2.75) is 24.7 Å². The number of anilines is 1. The summed E-state index contributed by atoms with van der Waals surface area (Å²) in [6, 6.07) is 11.3. The van der Waals surface area contributed by atoms with Crippen LogP contribution < -0.4 is 10.9 Å². The predicted octanol–water partition coefficient (Wildman–Crippen LogP) is 4.13. The van der Waals surface area contributed by atoms with E-state index in [-0.39, 0.29) is 10.8 Å². The van der Waals surface area contributed by atoms with Crippen LogP contribution in [0.4, 0.5) is 5.13 Å². The zero-order valence-corrected chi connectivity index (χ0v) is 18.6. The van der Waals surface area contributed by atoms with Crippen LogP contribution in [0.15, 0.2) is 47.4 Å². The third kappa shape index (κ3) is 4.44. The maximum absolute atomic E-state index is 12.8. The summed E-state index contributed by atoms with van der Waals surface area (Å²) in [4.78, 5) is 17.0. The molecule has 0 aliphatic carbocycles. The molecule has 1 aliphatic rings. The number of aromatic nitrogens is 1. The molecule has 4 rings (SSSR count). The standard InChI is InChI=1S/C20H21ClN4O3S2/c1-13-3-2-10-25(12-13)30(27,28)16-7-4-14(5-8-16)19(26)23-24-20-22-17-9-6-15(21)11-18(17)29-20/h4-9,11,13H,2-3,10,12H2,1H3,(H,22,24)(H,23,26)/t13-/m1/s1. The van der Waals surface area contributed by atoms with Gasteiger partial charge in [-0.25, -0.2) is 13.4 Å². The van der Waals surface area contributed by atoms with Gasteiger partial charge in [-0.1, -0.05) is 29.9 Å². The average Bonchev–Trinajstić information content (AvgIpc) is 3.14. The fourth-order valence-electron chi connectivity index (χ4n) is 3.43. The van der Waals surface area contributed by atoms with E-state index < -0.39 is 10.0 Å². The minimum atomic E-state index is -3.54. The van der Waals surface area contributed by atoms with Gasteiger partial charge in [-0.15, -0.1) is 0 Å². The molecule has 1 fully saturated rings. The molecule has 2 aromatic carbocycles. The largest absolute Gasteiger partial charge is 0.273 e. The lowest BCUT2D eigenvalue weighted by molar-refractivity contribution is 0.0962. The van der Waals surface area contributed by atoms with Crippen LogP contribution in [0.3, 0.4) is 0 Å². The number of amides is 1. The van der Waals surface area contributed by atoms with Crippen LogP contribution in [0.2, 0.25) is 5.02 Å². The number of piperidine rings is 1. The zero-order chi connectivity index (χ0) is 21.3. The van der Waals surface area contributed by atoms with Gasteiger partial charge in [-0.05, 0) is 61.2 Å². The number of hydrogen-bond donors (Lipinski definition) is 2. The van der Waals surface area contributed by atoms with Crippen molar-refractivity contribution in [3.8, 4) is 0 Å². The Kier molecular flexibility index (Phi) is 5.97. The summed E-state index contributed by atoms with van der Waals surface area (Å²) < 4.78 is 28.1. The molecule has 0 bridgehead atoms. The van der Waals surface area contributed by atoms with Crippen LogP contribution in [-0.2, 0) is 10.0 Å². The monoisotopic (exact) mass is 464 g/mol. The normalized spacial score (nSPS) is 17.7. The van der Waals surface area contributed by atoms with Crippen molar-refractivity contribution in [2.75, 3.05) is 18.5 Å². The van der Waals surface area contributed by atoms with Gasteiger partial charge in [0.1, 0.15) is 0 Å². The lowest BCUT2D eigenvalue weighted by Gasteiger charge is -2.30. The Labute approximate surface area is 184 Å². The molecule has 30 heavy (non-hydrogen) atoms. The second kappa shape index (κ2) is 8.50. The van der Waals surface area contributed by atoms with E-state index in [0.29, 0.717) is 34.7 Å². The summed E-state index contributed by atoms with van der Waals surface area (Å²) in [6.45, 7) is 3.12. The maximum Gasteiger partial charge on any atom is 0.269 e. The summed E-state index contributed by atoms with van der Waals surface area (Å²) in [5.41, 5.74) is 6.50. The lowest BCUT2D eigenvalue weighted by Crippen LogP contribution is -2.39. The molecule has 2 heterocycles. The highest BCUT2D eigenvalue weighted by Crippen LogP contribution is 2.28. The number of halogens is 1. The number of hydrogen-bond acceptors (Lipinski definition) is 6. The molecule has 158 valence electrons. The first-order valence-corrected chi connectivity index (χ1v) is 12.2. The van der Waals surface area contributed by atoms with Crippen LogP contribution in [0, 0.1) is 5.92 Å². The van der Waals surface area contributed by atoms with Crippen molar-refractivity contribution in [3.05, 3.63) is 53.1 Å². The number of hydrazine groups is 1. The number of rotatable bonds is 5. The van der Waals surface area contributed by atoms with Crippen molar-refractivity contribution < 1.29 is 13.2 Å². The molecular weight excluding hydrogens is 444 g/mol. The van der Waals surface area contributed by atoms with Crippen LogP contribution in [0.5, 0.6) is 0 Å². The SMILES string of the molecule is C[C@@H]1CCCN(S(=O)(=O)c2ccc(C(=O)NNc3nc4ccc(Cl)cc4s3)cc2)C1. The molecule has 7 nitrogen and oxygen atoms in total. The molecule has 1 aliphatic heterocycles. The molecule has 0 radical (unpaired) electrons. The average molecular weight is 465 g/mol. The summed E-state index contributed by atoms with van der Waals surface area (Å²) >= 11 is 7.34. The number of carbonyl (C=O) groups is 1. The quantitative estimate of drug-likeness (QED) is 0.554. The third-order valence-electron chi connectivity index (χ3n) is 5.01. The number of carbonyl (C=O) groups excluding carboxylic acids is 1. The molecular formula is C20H21ClN4O3S2. The van der Waals surface area contributed by atoms with Gasteiger partial charge in [0.2, 0.25) is 15.2 Å². The number of nitrogens with zero attached hydrogens (tertiary/aromatic N) is 2. The first-order valence-electron chi connectivity index (χ1n) is 9.55. The Balaban J connectivity index is 1.42. The fraction of sp³-hybridized carbons (Fsp3) is 0.300. The molecule has 2 N–H and O–H groups in total. The van der Waals surface area contributed by atoms with Gasteiger partial charge < -0.3 is 0 Å². The minimum Gasteiger partial charge on any atom is -0.273 e. The first-order chi connectivity index (χ1) is 14.3. The molecule has 10 heteroatoms. The molecule has 1 atom stereocenters. The Morgan fingerprint density at radius 1 is 1.23 bits per heavy atom. The lowest BCUT2D eigenvalue weighted by atomic mass is 10.0. The summed E-state index contributed by atoms with van der Waals surface area (Å²) in [5, 5.41) is 1.15. The molecule has 0 unspecified atom stereocenters. The number of benzene rings is 2. The van der Waals surface area contributed by atoms with E-state index in [9.17, 15) is 13.2 Å². The van der Waals surface area contributed by atoms with E-state index in [1.165, 1.54) is 39.9 Å². The molecule has 0 saturated carbocycles. The number of nitrogens with one attached hydrogen (secondary N) is 2. The highest BCUT2D eigenvalue weighted by atomic mass is 35.5. The van der Waals surface area contributed by atoms with Gasteiger partial charge in [0.25, 0.3) is 5.91 Å². The molecule has 1 amide bonds. The second-order valence-electron chi connectivity index (χ2n) is 7.35. The Hall–Kier alpha value is -2.20. The number of fused-ring (bicyclic) bond motifs is 1. The van der Waals surface area contributed by atoms with Crippen molar-refractivity contribution in [1.82, 2.24) is 14.7 Å². The highest BCUT2D eigenvalue weighted by molar-refractivity contribution is 7.89. The second-order valence-corrected chi connectivity index (χ2v) is 10.8. The molecule has 1 aromatic heterocycles. The van der Waals surface area contributed by atoms with Crippen molar-refractivity contribution in [1.29, 1.82) is 0 Å². The van der Waals surface area contributed by atoms with E-state index in [1.54, 1.807) is 6.07 Å². The topological polar surface area (TPSA) is 91.4 Å². The van der Waals surface area contributed by atoms with E-state index in [2.05, 4.69) is 22.8 Å². The maximum atomic E-state index is 12.8. The van der Waals surface area contributed by atoms with Crippen LogP contribution >= 0.6 is 22.9 Å². The summed E-state index contributed by atoms with van der Waals surface area (Å²) in [6.07, 6.45) is 1.91. The van der Waals surface area contributed by atoms with Gasteiger partial charge in [-0.3, -0.25) is 15.6 Å². The van der Waals surface area contributed by atoms with E-state index in [4.69, 9.17) is 11.6 Å². The van der Waals surface area contributed by atoms with Gasteiger partial charge >= 0.3 is 0 Å². The van der Waals surface area contributed by atoms with E-state index >= 15 is 0 Å². The van der Waals surface area contributed by atoms with Gasteiger partial charge in [-0.2, -0.15) is 4.31 Å². The summed E-state index contributed by atoms with van der Waals surface area (Å²) in [7, 11) is -3.54. The number of thiazole rings is 1. The van der Waals surface area contributed by atoms with Gasteiger partial charge in [0.05, 0.1) is 15.1 Å². The first kappa shape index (κ1) is 21.0. The molecule has 0 spiro atoms. The van der Waals surface area contributed by atoms with Crippen molar-refractivity contribution in [2.24, 2.45) is 5.92 Å². The van der Waals surface area contributed by atoms with Crippen LogP contribution in [0.1, 0.15) is 30.1 Å². The Bertz CT molecular complexity index is 1180. The summed E-state index contributed by atoms with van der Waals surface area (Å²) in [5.74, 6) is -0.0361. The van der Waals surface area contributed by atoms with Gasteiger partial charge in [0, 0.05) is 23.7 Å².